The van der Waals surface area contributed by atoms with Crippen LogP contribution in [-0.2, 0) is 13.2 Å². The fourth-order valence-corrected chi connectivity index (χ4v) is 3.11. The number of hydrogen-bond donors (Lipinski definition) is 1. The summed E-state index contributed by atoms with van der Waals surface area (Å²) in [6.07, 6.45) is -2.37. The second-order valence-corrected chi connectivity index (χ2v) is 6.70. The molecule has 1 amide bonds. The summed E-state index contributed by atoms with van der Waals surface area (Å²) >= 11 is 0. The zero-order chi connectivity index (χ0) is 19.9. The summed E-state index contributed by atoms with van der Waals surface area (Å²) in [7, 11) is 1.97. The lowest BCUT2D eigenvalue weighted by Gasteiger charge is -2.16. The summed E-state index contributed by atoms with van der Waals surface area (Å²) in [6, 6.07) is 5.80. The van der Waals surface area contributed by atoms with Crippen LogP contribution in [-0.4, -0.2) is 15.5 Å². The van der Waals surface area contributed by atoms with E-state index in [1.54, 1.807) is 13.0 Å². The third-order valence-electron chi connectivity index (χ3n) is 5.00. The van der Waals surface area contributed by atoms with Crippen LogP contribution in [0.5, 0.6) is 0 Å². The van der Waals surface area contributed by atoms with E-state index >= 15 is 0 Å². The molecule has 1 atom stereocenters. The fraction of sp³-hybridized carbons (Fsp3) is 0.300. The first-order chi connectivity index (χ1) is 12.6. The van der Waals surface area contributed by atoms with Crippen molar-refractivity contribution in [2.24, 2.45) is 7.05 Å². The highest BCUT2D eigenvalue weighted by atomic mass is 19.4. The van der Waals surface area contributed by atoms with E-state index in [2.05, 4.69) is 14.9 Å². The van der Waals surface area contributed by atoms with Crippen LogP contribution in [0.3, 0.4) is 0 Å². The normalized spacial score (nSPS) is 13.0. The van der Waals surface area contributed by atoms with Crippen molar-refractivity contribution in [1.82, 2.24) is 14.9 Å². The van der Waals surface area contributed by atoms with E-state index in [0.29, 0.717) is 11.1 Å². The Hall–Kier alpha value is -2.83. The molecule has 3 rings (SSSR count). The molecule has 0 radical (unpaired) electrons. The lowest BCUT2D eigenvalue weighted by atomic mass is 10.1. The predicted octanol–water partition coefficient (Wildman–Crippen LogP) is 4.70. The van der Waals surface area contributed by atoms with E-state index in [1.165, 1.54) is 6.20 Å². The first-order valence-corrected chi connectivity index (χ1v) is 8.48. The summed E-state index contributed by atoms with van der Waals surface area (Å²) in [4.78, 5) is 16.2. The Balaban J connectivity index is 1.85. The van der Waals surface area contributed by atoms with Crippen LogP contribution in [0.2, 0.25) is 0 Å². The molecule has 0 saturated heterocycles. The molecule has 0 bridgehead atoms. The summed E-state index contributed by atoms with van der Waals surface area (Å²) in [6.45, 7) is 5.64. The second-order valence-electron chi connectivity index (χ2n) is 6.70. The maximum Gasteiger partial charge on any atom is 0.417 e. The maximum atomic E-state index is 12.9. The topological polar surface area (TPSA) is 46.9 Å². The molecule has 2 aromatic heterocycles. The van der Waals surface area contributed by atoms with Gasteiger partial charge < -0.3 is 9.88 Å². The van der Waals surface area contributed by atoms with Crippen LogP contribution in [0.1, 0.15) is 45.7 Å². The number of carbonyl (C=O) groups excluding carboxylic acids is 1. The quantitative estimate of drug-likeness (QED) is 0.721. The number of pyridine rings is 1. The van der Waals surface area contributed by atoms with Crippen molar-refractivity contribution in [3.05, 3.63) is 64.6 Å². The zero-order valence-corrected chi connectivity index (χ0v) is 15.5. The number of rotatable bonds is 3. The van der Waals surface area contributed by atoms with Crippen molar-refractivity contribution in [3.63, 3.8) is 0 Å². The number of fused-ring (bicyclic) bond motifs is 1. The molecule has 0 aliphatic rings. The molecule has 0 aliphatic heterocycles. The number of carbonyl (C=O) groups is 1. The first-order valence-electron chi connectivity index (χ1n) is 8.48. The minimum absolute atomic E-state index is 0.297. The number of nitrogens with zero attached hydrogens (tertiary/aromatic N) is 2. The van der Waals surface area contributed by atoms with Crippen molar-refractivity contribution in [2.45, 2.75) is 33.0 Å². The standard InChI is InChI=1S/C20H20F3N3O/c1-11-13(3)26(4)18-6-5-14(8-17(11)18)19(27)25-12(2)15-7-16(10-24-9-15)20(21,22)23/h5-10,12H,1-4H3,(H,25,27). The van der Waals surface area contributed by atoms with Crippen molar-refractivity contribution in [3.8, 4) is 0 Å². The Morgan fingerprint density at radius 2 is 1.89 bits per heavy atom. The number of benzene rings is 1. The third kappa shape index (κ3) is 3.54. The molecule has 0 spiro atoms. The highest BCUT2D eigenvalue weighted by Crippen LogP contribution is 2.30. The molecule has 1 N–H and O–H groups in total. The molecule has 1 unspecified atom stereocenters. The lowest BCUT2D eigenvalue weighted by Crippen LogP contribution is -2.27. The van der Waals surface area contributed by atoms with E-state index in [1.807, 2.05) is 33.0 Å². The Morgan fingerprint density at radius 3 is 2.56 bits per heavy atom. The first kappa shape index (κ1) is 18.9. The van der Waals surface area contributed by atoms with Crippen molar-refractivity contribution >= 4 is 16.8 Å². The van der Waals surface area contributed by atoms with Crippen molar-refractivity contribution in [2.75, 3.05) is 0 Å². The highest BCUT2D eigenvalue weighted by molar-refractivity contribution is 5.99. The second kappa shape index (κ2) is 6.72. The molecule has 0 aliphatic carbocycles. The Morgan fingerprint density at radius 1 is 1.19 bits per heavy atom. The van der Waals surface area contributed by atoms with Crippen LogP contribution < -0.4 is 5.32 Å². The average molecular weight is 375 g/mol. The summed E-state index contributed by atoms with van der Waals surface area (Å²) in [5.74, 6) is -0.345. The largest absolute Gasteiger partial charge is 0.417 e. The summed E-state index contributed by atoms with van der Waals surface area (Å²) in [5, 5.41) is 3.73. The average Bonchev–Trinajstić information content (AvgIpc) is 2.85. The number of alkyl halides is 3. The molecule has 4 nitrogen and oxygen atoms in total. The Labute approximate surface area is 155 Å². The molecule has 7 heteroatoms. The number of halogens is 3. The van der Waals surface area contributed by atoms with Gasteiger partial charge in [-0.15, -0.1) is 0 Å². The molecule has 1 aromatic carbocycles. The molecular formula is C20H20F3N3O. The minimum Gasteiger partial charge on any atom is -0.348 e. The molecule has 3 aromatic rings. The number of nitrogens with one attached hydrogen (secondary N) is 1. The van der Waals surface area contributed by atoms with E-state index in [-0.39, 0.29) is 5.91 Å². The third-order valence-corrected chi connectivity index (χ3v) is 5.00. The number of aryl methyl sites for hydroxylation is 2. The van der Waals surface area contributed by atoms with Gasteiger partial charge in [-0.1, -0.05) is 0 Å². The van der Waals surface area contributed by atoms with Gasteiger partial charge in [0.25, 0.3) is 5.91 Å². The fourth-order valence-electron chi connectivity index (χ4n) is 3.11. The Bertz CT molecular complexity index is 1020. The van der Waals surface area contributed by atoms with Gasteiger partial charge >= 0.3 is 6.18 Å². The summed E-state index contributed by atoms with van der Waals surface area (Å²) < 4.78 is 40.6. The smallest absolute Gasteiger partial charge is 0.348 e. The zero-order valence-electron chi connectivity index (χ0n) is 15.5. The van der Waals surface area contributed by atoms with Crippen LogP contribution in [0, 0.1) is 13.8 Å². The van der Waals surface area contributed by atoms with E-state index < -0.39 is 17.8 Å². The predicted molar refractivity (Wildman–Crippen MR) is 97.5 cm³/mol. The SMILES string of the molecule is Cc1c(C)n(C)c2ccc(C(=O)NC(C)c3cncc(C(F)(F)F)c3)cc12. The van der Waals surface area contributed by atoms with Gasteiger partial charge in [-0.3, -0.25) is 9.78 Å². The summed E-state index contributed by atoms with van der Waals surface area (Å²) in [5.41, 5.74) is 3.16. The van der Waals surface area contributed by atoms with Crippen LogP contribution in [0.4, 0.5) is 13.2 Å². The minimum atomic E-state index is -4.47. The van der Waals surface area contributed by atoms with Crippen LogP contribution in [0.25, 0.3) is 10.9 Å². The number of amides is 1. The van der Waals surface area contributed by atoms with Gasteiger partial charge in [0.2, 0.25) is 0 Å². The van der Waals surface area contributed by atoms with Crippen LogP contribution >= 0.6 is 0 Å². The van der Waals surface area contributed by atoms with Crippen molar-refractivity contribution < 1.29 is 18.0 Å². The van der Waals surface area contributed by atoms with Crippen LogP contribution in [0.15, 0.2) is 36.7 Å². The van der Waals surface area contributed by atoms with Crippen molar-refractivity contribution in [1.29, 1.82) is 0 Å². The van der Waals surface area contributed by atoms with Gasteiger partial charge in [-0.25, -0.2) is 0 Å². The van der Waals surface area contributed by atoms with Gasteiger partial charge in [-0.2, -0.15) is 13.2 Å². The monoisotopic (exact) mass is 375 g/mol. The molecule has 142 valence electrons. The molecule has 0 fully saturated rings. The molecular weight excluding hydrogens is 355 g/mol. The number of hydrogen-bond acceptors (Lipinski definition) is 2. The number of aromatic nitrogens is 2. The Kier molecular flexibility index (Phi) is 4.71. The van der Waals surface area contributed by atoms with Gasteiger partial charge in [0.05, 0.1) is 11.6 Å². The van der Waals surface area contributed by atoms with Gasteiger partial charge in [-0.05, 0) is 56.2 Å². The van der Waals surface area contributed by atoms with E-state index in [4.69, 9.17) is 0 Å². The van der Waals surface area contributed by atoms with Gasteiger partial charge in [0.15, 0.2) is 0 Å². The van der Waals surface area contributed by atoms with Gasteiger partial charge in [0.1, 0.15) is 0 Å². The highest BCUT2D eigenvalue weighted by Gasteiger charge is 2.31. The van der Waals surface area contributed by atoms with E-state index in [0.717, 1.165) is 34.4 Å². The molecule has 27 heavy (non-hydrogen) atoms. The molecule has 0 saturated carbocycles. The molecule has 2 heterocycles. The van der Waals surface area contributed by atoms with E-state index in [9.17, 15) is 18.0 Å². The maximum absolute atomic E-state index is 12.9. The van der Waals surface area contributed by atoms with Gasteiger partial charge in [0, 0.05) is 41.6 Å². The lowest BCUT2D eigenvalue weighted by molar-refractivity contribution is -0.137.